The van der Waals surface area contributed by atoms with Gasteiger partial charge in [-0.25, -0.2) is 0 Å². The molecule has 0 saturated carbocycles. The van der Waals surface area contributed by atoms with Crippen molar-refractivity contribution in [2.24, 2.45) is 11.8 Å². The Kier molecular flexibility index (Phi) is 5.18. The Hall–Kier alpha value is -0.160. The van der Waals surface area contributed by atoms with E-state index in [0.717, 1.165) is 26.2 Å². The molecule has 1 fully saturated rings. The van der Waals surface area contributed by atoms with Gasteiger partial charge in [-0.1, -0.05) is 0 Å². The average Bonchev–Trinajstić information content (AvgIpc) is 2.11. The zero-order valence-corrected chi connectivity index (χ0v) is 11.3. The summed E-state index contributed by atoms with van der Waals surface area (Å²) in [6, 6.07) is 0. The summed E-state index contributed by atoms with van der Waals surface area (Å²) in [4.78, 5) is 6.68. The van der Waals surface area contributed by atoms with E-state index in [4.69, 9.17) is 0 Å². The molecule has 1 unspecified atom stereocenters. The van der Waals surface area contributed by atoms with Crippen molar-refractivity contribution < 1.29 is 5.11 Å². The Bertz CT molecular complexity index is 184. The van der Waals surface area contributed by atoms with Crippen LogP contribution in [0.25, 0.3) is 0 Å². The third-order valence-corrected chi connectivity index (χ3v) is 3.26. The van der Waals surface area contributed by atoms with Gasteiger partial charge in [-0.3, -0.25) is 0 Å². The molecule has 1 saturated heterocycles. The first-order valence-electron chi connectivity index (χ1n) is 6.06. The highest BCUT2D eigenvalue weighted by Crippen LogP contribution is 2.22. The number of rotatable bonds is 4. The minimum Gasteiger partial charge on any atom is -0.392 e. The summed E-state index contributed by atoms with van der Waals surface area (Å²) in [7, 11) is 10.4. The Morgan fingerprint density at radius 1 is 1.00 bits per heavy atom. The quantitative estimate of drug-likeness (QED) is 0.714. The number of hydrogen-bond acceptors (Lipinski definition) is 4. The van der Waals surface area contributed by atoms with Gasteiger partial charge < -0.3 is 19.8 Å². The molecule has 0 bridgehead atoms. The maximum atomic E-state index is 10.4. The second-order valence-electron chi connectivity index (χ2n) is 5.76. The first-order chi connectivity index (χ1) is 7.40. The fourth-order valence-corrected chi connectivity index (χ4v) is 2.75. The zero-order valence-electron chi connectivity index (χ0n) is 11.3. The van der Waals surface area contributed by atoms with E-state index in [1.54, 1.807) is 0 Å². The molecule has 4 nitrogen and oxygen atoms in total. The number of hydrogen-bond donors (Lipinski definition) is 1. The first-order valence-corrected chi connectivity index (χ1v) is 6.06. The van der Waals surface area contributed by atoms with Gasteiger partial charge in [0.15, 0.2) is 0 Å². The summed E-state index contributed by atoms with van der Waals surface area (Å²) in [5, 5.41) is 10.4. The molecule has 1 N–H and O–H groups in total. The van der Waals surface area contributed by atoms with Crippen LogP contribution in [-0.4, -0.2) is 87.3 Å². The fourth-order valence-electron chi connectivity index (χ4n) is 2.75. The zero-order chi connectivity index (χ0) is 12.3. The van der Waals surface area contributed by atoms with E-state index < -0.39 is 0 Å². The van der Waals surface area contributed by atoms with Crippen LogP contribution >= 0.6 is 0 Å². The third kappa shape index (κ3) is 4.01. The Morgan fingerprint density at radius 2 is 1.38 bits per heavy atom. The van der Waals surface area contributed by atoms with Crippen LogP contribution in [0.3, 0.4) is 0 Å². The van der Waals surface area contributed by atoms with Gasteiger partial charge in [0.05, 0.1) is 6.10 Å². The van der Waals surface area contributed by atoms with E-state index in [-0.39, 0.29) is 6.10 Å². The highest BCUT2D eigenvalue weighted by atomic mass is 16.3. The molecule has 0 spiro atoms. The van der Waals surface area contributed by atoms with Gasteiger partial charge in [-0.05, 0) is 35.2 Å². The summed E-state index contributed by atoms with van der Waals surface area (Å²) < 4.78 is 0. The normalized spacial score (nSPS) is 32.6. The van der Waals surface area contributed by atoms with Crippen LogP contribution in [0, 0.1) is 11.8 Å². The highest BCUT2D eigenvalue weighted by Gasteiger charge is 2.34. The third-order valence-electron chi connectivity index (χ3n) is 3.26. The van der Waals surface area contributed by atoms with E-state index in [1.165, 1.54) is 0 Å². The number of likely N-dealkylation sites (tertiary alicyclic amines) is 1. The average molecular weight is 229 g/mol. The van der Waals surface area contributed by atoms with Crippen molar-refractivity contribution in [1.82, 2.24) is 14.7 Å². The van der Waals surface area contributed by atoms with Crippen LogP contribution in [0.4, 0.5) is 0 Å². The summed E-state index contributed by atoms with van der Waals surface area (Å²) >= 11 is 0. The molecule has 0 aromatic rings. The molecule has 0 radical (unpaired) electrons. The van der Waals surface area contributed by atoms with Crippen molar-refractivity contribution in [2.45, 2.75) is 6.10 Å². The summed E-state index contributed by atoms with van der Waals surface area (Å²) in [5.41, 5.74) is 0. The maximum absolute atomic E-state index is 10.4. The molecular weight excluding hydrogens is 202 g/mol. The van der Waals surface area contributed by atoms with Crippen molar-refractivity contribution in [2.75, 3.05) is 61.4 Å². The van der Waals surface area contributed by atoms with E-state index in [1.807, 2.05) is 0 Å². The number of aliphatic hydroxyl groups is 1. The van der Waals surface area contributed by atoms with Gasteiger partial charge in [0.25, 0.3) is 0 Å². The van der Waals surface area contributed by atoms with Crippen molar-refractivity contribution in [3.8, 4) is 0 Å². The first kappa shape index (κ1) is 13.9. The molecule has 1 heterocycles. The molecule has 4 heteroatoms. The minimum absolute atomic E-state index is 0.166. The molecule has 96 valence electrons. The van der Waals surface area contributed by atoms with Crippen LogP contribution < -0.4 is 0 Å². The van der Waals surface area contributed by atoms with Gasteiger partial charge in [-0.15, -0.1) is 0 Å². The SMILES string of the molecule is CN(C)C[C@@H]1CN(C)C[C@H](CN(C)C)C1O. The van der Waals surface area contributed by atoms with Crippen LogP contribution in [0.15, 0.2) is 0 Å². The van der Waals surface area contributed by atoms with Crippen molar-refractivity contribution >= 4 is 0 Å². The van der Waals surface area contributed by atoms with E-state index in [0.29, 0.717) is 11.8 Å². The topological polar surface area (TPSA) is 30.0 Å². The van der Waals surface area contributed by atoms with Gasteiger partial charge >= 0.3 is 0 Å². The van der Waals surface area contributed by atoms with E-state index >= 15 is 0 Å². The smallest absolute Gasteiger partial charge is 0.0645 e. The number of piperidine rings is 1. The lowest BCUT2D eigenvalue weighted by atomic mass is 9.85. The largest absolute Gasteiger partial charge is 0.392 e. The van der Waals surface area contributed by atoms with Crippen LogP contribution in [-0.2, 0) is 0 Å². The predicted molar refractivity (Wildman–Crippen MR) is 67.6 cm³/mol. The lowest BCUT2D eigenvalue weighted by Crippen LogP contribution is -2.53. The molecule has 16 heavy (non-hydrogen) atoms. The lowest BCUT2D eigenvalue weighted by Gasteiger charge is -2.41. The van der Waals surface area contributed by atoms with Gasteiger partial charge in [0.2, 0.25) is 0 Å². The van der Waals surface area contributed by atoms with Gasteiger partial charge in [0, 0.05) is 38.0 Å². The molecule has 0 amide bonds. The number of nitrogens with zero attached hydrogens (tertiary/aromatic N) is 3. The van der Waals surface area contributed by atoms with E-state index in [9.17, 15) is 5.11 Å². The van der Waals surface area contributed by atoms with E-state index in [2.05, 4.69) is 49.9 Å². The molecule has 3 atom stereocenters. The molecule has 1 rings (SSSR count). The molecule has 1 aliphatic heterocycles. The van der Waals surface area contributed by atoms with Gasteiger partial charge in [-0.2, -0.15) is 0 Å². The molecular formula is C12H27N3O. The van der Waals surface area contributed by atoms with Crippen LogP contribution in [0.1, 0.15) is 0 Å². The van der Waals surface area contributed by atoms with Crippen LogP contribution in [0.5, 0.6) is 0 Å². The van der Waals surface area contributed by atoms with Gasteiger partial charge in [0.1, 0.15) is 0 Å². The fraction of sp³-hybridized carbons (Fsp3) is 1.00. The van der Waals surface area contributed by atoms with Crippen molar-refractivity contribution in [3.63, 3.8) is 0 Å². The number of aliphatic hydroxyl groups excluding tert-OH is 1. The standard InChI is InChI=1S/C12H27N3O/c1-13(2)6-10-8-15(5)9-11(12(10)16)7-14(3)4/h10-12,16H,6-9H2,1-5H3/t10-,11+,12?. The van der Waals surface area contributed by atoms with Crippen LogP contribution in [0.2, 0.25) is 0 Å². The van der Waals surface area contributed by atoms with Crippen molar-refractivity contribution in [3.05, 3.63) is 0 Å². The second-order valence-corrected chi connectivity index (χ2v) is 5.76. The molecule has 1 aliphatic rings. The Balaban J connectivity index is 2.58. The van der Waals surface area contributed by atoms with Crippen molar-refractivity contribution in [1.29, 1.82) is 0 Å². The molecule has 0 aromatic carbocycles. The minimum atomic E-state index is -0.166. The maximum Gasteiger partial charge on any atom is 0.0645 e. The second kappa shape index (κ2) is 5.96. The lowest BCUT2D eigenvalue weighted by molar-refractivity contribution is -0.0296. The Labute approximate surface area is 99.8 Å². The molecule has 0 aromatic heterocycles. The summed E-state index contributed by atoms with van der Waals surface area (Å²) in [5.74, 6) is 0.748. The summed E-state index contributed by atoms with van der Waals surface area (Å²) in [6.45, 7) is 3.94. The molecule has 0 aliphatic carbocycles. The predicted octanol–water partition coefficient (Wildman–Crippen LogP) is -0.352. The Morgan fingerprint density at radius 3 is 1.69 bits per heavy atom. The monoisotopic (exact) mass is 229 g/mol. The summed E-state index contributed by atoms with van der Waals surface area (Å²) in [6.07, 6.45) is -0.166. The highest BCUT2D eigenvalue weighted by molar-refractivity contribution is 4.87.